The minimum absolute atomic E-state index is 0.296. The van der Waals surface area contributed by atoms with Crippen LogP contribution in [0.4, 0.5) is 15.9 Å². The third-order valence-corrected chi connectivity index (χ3v) is 4.93. The van der Waals surface area contributed by atoms with E-state index in [4.69, 9.17) is 0 Å². The Morgan fingerprint density at radius 1 is 1.27 bits per heavy atom. The molecule has 0 saturated heterocycles. The zero-order chi connectivity index (χ0) is 17.8. The Bertz CT molecular complexity index is 1030. The SMILES string of the molecule is O=C(Nc1cn2cc(-c3ccc4c(c3)NC(O)C4)ccc2n1)[C@@H]1C[C@@H]1F. The summed E-state index contributed by atoms with van der Waals surface area (Å²) in [5.74, 6) is -0.431. The van der Waals surface area contributed by atoms with Crippen LogP contribution in [0.5, 0.6) is 0 Å². The highest BCUT2D eigenvalue weighted by molar-refractivity contribution is 5.94. The second kappa shape index (κ2) is 5.54. The van der Waals surface area contributed by atoms with Crippen LogP contribution in [0, 0.1) is 5.92 Å². The van der Waals surface area contributed by atoms with Gasteiger partial charge >= 0.3 is 0 Å². The number of halogens is 1. The van der Waals surface area contributed by atoms with Gasteiger partial charge in [-0.1, -0.05) is 12.1 Å². The first-order valence-corrected chi connectivity index (χ1v) is 8.58. The summed E-state index contributed by atoms with van der Waals surface area (Å²) in [4.78, 5) is 16.2. The van der Waals surface area contributed by atoms with E-state index in [-0.39, 0.29) is 5.91 Å². The van der Waals surface area contributed by atoms with Crippen LogP contribution in [-0.2, 0) is 11.2 Å². The number of anilines is 2. The van der Waals surface area contributed by atoms with Crippen LogP contribution >= 0.6 is 0 Å². The highest BCUT2D eigenvalue weighted by Crippen LogP contribution is 2.35. The number of carbonyl (C=O) groups is 1. The van der Waals surface area contributed by atoms with Crippen LogP contribution in [0.25, 0.3) is 16.8 Å². The topological polar surface area (TPSA) is 78.7 Å². The predicted octanol–water partition coefficient (Wildman–Crippen LogP) is 2.58. The lowest BCUT2D eigenvalue weighted by molar-refractivity contribution is -0.117. The second-order valence-corrected chi connectivity index (χ2v) is 6.89. The van der Waals surface area contributed by atoms with Crippen molar-refractivity contribution in [3.05, 3.63) is 48.3 Å². The summed E-state index contributed by atoms with van der Waals surface area (Å²) in [5, 5.41) is 15.4. The molecule has 5 rings (SSSR count). The zero-order valence-corrected chi connectivity index (χ0v) is 13.8. The number of imidazole rings is 1. The van der Waals surface area contributed by atoms with E-state index in [9.17, 15) is 14.3 Å². The average molecular weight is 352 g/mol. The van der Waals surface area contributed by atoms with Crippen molar-refractivity contribution in [2.45, 2.75) is 25.2 Å². The lowest BCUT2D eigenvalue weighted by Crippen LogP contribution is -2.15. The molecular formula is C19H17FN4O2. The summed E-state index contributed by atoms with van der Waals surface area (Å²) in [6.45, 7) is 0. The minimum atomic E-state index is -1.02. The molecule has 0 spiro atoms. The van der Waals surface area contributed by atoms with Gasteiger partial charge in [0.1, 0.15) is 18.0 Å². The molecule has 0 bridgehead atoms. The van der Waals surface area contributed by atoms with Gasteiger partial charge in [-0.2, -0.15) is 0 Å². The maximum Gasteiger partial charge on any atom is 0.231 e. The molecule has 3 heterocycles. The van der Waals surface area contributed by atoms with Crippen molar-refractivity contribution in [3.63, 3.8) is 0 Å². The maximum atomic E-state index is 13.0. The average Bonchev–Trinajstić information content (AvgIpc) is 3.04. The molecule has 2 aliphatic rings. The summed E-state index contributed by atoms with van der Waals surface area (Å²) in [5.41, 5.74) is 4.75. The number of alkyl halides is 1. The van der Waals surface area contributed by atoms with Crippen LogP contribution < -0.4 is 10.6 Å². The standard InChI is InChI=1S/C19H17FN4O2/c20-14-7-13(14)19(26)23-16-9-24-8-12(3-4-17(24)22-16)10-1-2-11-6-18(25)21-15(11)5-10/h1-5,8-9,13-14,18,21,25H,6-7H2,(H,23,26)/t13-,14+,18?/m1/s1. The van der Waals surface area contributed by atoms with E-state index >= 15 is 0 Å². The number of aromatic nitrogens is 2. The number of aliphatic hydroxyl groups is 1. The zero-order valence-electron chi connectivity index (χ0n) is 13.8. The molecule has 1 aliphatic carbocycles. The molecule has 1 aromatic carbocycles. The van der Waals surface area contributed by atoms with Crippen LogP contribution in [0.2, 0.25) is 0 Å². The lowest BCUT2D eigenvalue weighted by Gasteiger charge is -2.06. The number of carbonyl (C=O) groups excluding carboxylic acids is 1. The van der Waals surface area contributed by atoms with E-state index in [2.05, 4.69) is 15.6 Å². The molecule has 26 heavy (non-hydrogen) atoms. The first-order valence-electron chi connectivity index (χ1n) is 8.58. The van der Waals surface area contributed by atoms with Crippen molar-refractivity contribution in [2.75, 3.05) is 10.6 Å². The highest BCUT2D eigenvalue weighted by Gasteiger charge is 2.43. The van der Waals surface area contributed by atoms with Gasteiger partial charge in [0.2, 0.25) is 5.91 Å². The number of benzene rings is 1. The molecule has 7 heteroatoms. The maximum absolute atomic E-state index is 13.0. The monoisotopic (exact) mass is 352 g/mol. The van der Waals surface area contributed by atoms with E-state index in [0.29, 0.717) is 24.3 Å². The number of pyridine rings is 1. The number of aliphatic hydroxyl groups excluding tert-OH is 1. The molecule has 1 aliphatic heterocycles. The van der Waals surface area contributed by atoms with E-state index in [1.54, 1.807) is 6.20 Å². The van der Waals surface area contributed by atoms with E-state index in [1.165, 1.54) is 0 Å². The van der Waals surface area contributed by atoms with E-state index < -0.39 is 18.3 Å². The summed E-state index contributed by atoms with van der Waals surface area (Å²) < 4.78 is 14.8. The number of hydrogen-bond acceptors (Lipinski definition) is 4. The fourth-order valence-corrected chi connectivity index (χ4v) is 3.38. The molecule has 2 aromatic heterocycles. The van der Waals surface area contributed by atoms with Crippen LogP contribution in [-0.4, -0.2) is 32.8 Å². The van der Waals surface area contributed by atoms with Gasteiger partial charge in [-0.25, -0.2) is 9.37 Å². The molecule has 1 saturated carbocycles. The van der Waals surface area contributed by atoms with Gasteiger partial charge in [-0.15, -0.1) is 0 Å². The Labute approximate surface area is 148 Å². The third-order valence-electron chi connectivity index (χ3n) is 4.93. The molecule has 3 N–H and O–H groups in total. The van der Waals surface area contributed by atoms with Gasteiger partial charge in [0.25, 0.3) is 0 Å². The van der Waals surface area contributed by atoms with Crippen LogP contribution in [0.3, 0.4) is 0 Å². The lowest BCUT2D eigenvalue weighted by atomic mass is 10.0. The second-order valence-electron chi connectivity index (χ2n) is 6.89. The Balaban J connectivity index is 1.43. The van der Waals surface area contributed by atoms with Crippen molar-refractivity contribution in [3.8, 4) is 11.1 Å². The van der Waals surface area contributed by atoms with Gasteiger partial charge in [0.05, 0.1) is 12.1 Å². The van der Waals surface area contributed by atoms with Gasteiger partial charge < -0.3 is 20.1 Å². The summed E-state index contributed by atoms with van der Waals surface area (Å²) >= 11 is 0. The van der Waals surface area contributed by atoms with Gasteiger partial charge in [0, 0.05) is 18.3 Å². The smallest absolute Gasteiger partial charge is 0.231 e. The molecular weight excluding hydrogens is 335 g/mol. The van der Waals surface area contributed by atoms with Crippen molar-refractivity contribution in [1.82, 2.24) is 9.38 Å². The number of nitrogens with zero attached hydrogens (tertiary/aromatic N) is 2. The Kier molecular flexibility index (Phi) is 3.27. The normalized spacial score (nSPS) is 23.5. The number of amides is 1. The third kappa shape index (κ3) is 2.61. The summed E-state index contributed by atoms with van der Waals surface area (Å²) in [6, 6.07) is 9.88. The fourth-order valence-electron chi connectivity index (χ4n) is 3.38. The molecule has 3 atom stereocenters. The number of fused-ring (bicyclic) bond motifs is 2. The molecule has 1 unspecified atom stereocenters. The predicted molar refractivity (Wildman–Crippen MR) is 95.6 cm³/mol. The Hall–Kier alpha value is -2.93. The van der Waals surface area contributed by atoms with Crippen molar-refractivity contribution < 1.29 is 14.3 Å². The van der Waals surface area contributed by atoms with E-state index in [0.717, 1.165) is 22.4 Å². The molecule has 6 nitrogen and oxygen atoms in total. The van der Waals surface area contributed by atoms with Crippen LogP contribution in [0.15, 0.2) is 42.7 Å². The van der Waals surface area contributed by atoms with Gasteiger partial charge in [0.15, 0.2) is 5.82 Å². The first-order chi connectivity index (χ1) is 12.6. The summed E-state index contributed by atoms with van der Waals surface area (Å²) in [7, 11) is 0. The number of rotatable bonds is 3. The first kappa shape index (κ1) is 15.3. The molecule has 1 fully saturated rings. The van der Waals surface area contributed by atoms with Crippen molar-refractivity contribution in [1.29, 1.82) is 0 Å². The molecule has 3 aromatic rings. The van der Waals surface area contributed by atoms with E-state index in [1.807, 2.05) is 40.9 Å². The van der Waals surface area contributed by atoms with Gasteiger partial charge in [-0.3, -0.25) is 4.79 Å². The molecule has 1 amide bonds. The minimum Gasteiger partial charge on any atom is -0.373 e. The highest BCUT2D eigenvalue weighted by atomic mass is 19.1. The summed E-state index contributed by atoms with van der Waals surface area (Å²) in [6.07, 6.45) is 3.01. The molecule has 0 radical (unpaired) electrons. The molecule has 132 valence electrons. The fraction of sp³-hybridized carbons (Fsp3) is 0.263. The van der Waals surface area contributed by atoms with Crippen molar-refractivity contribution in [2.24, 2.45) is 5.92 Å². The number of nitrogens with one attached hydrogen (secondary N) is 2. The largest absolute Gasteiger partial charge is 0.373 e. The quantitative estimate of drug-likeness (QED) is 0.677. The number of hydrogen-bond donors (Lipinski definition) is 3. The van der Waals surface area contributed by atoms with Crippen molar-refractivity contribution >= 4 is 23.1 Å². The Morgan fingerprint density at radius 3 is 2.88 bits per heavy atom. The Morgan fingerprint density at radius 2 is 2.08 bits per heavy atom. The van der Waals surface area contributed by atoms with Crippen LogP contribution in [0.1, 0.15) is 12.0 Å². The van der Waals surface area contributed by atoms with Gasteiger partial charge in [-0.05, 0) is 41.3 Å².